The van der Waals surface area contributed by atoms with Crippen molar-refractivity contribution in [1.82, 2.24) is 5.32 Å². The lowest BCUT2D eigenvalue weighted by molar-refractivity contribution is 0.0660. The fourth-order valence-electron chi connectivity index (χ4n) is 1.90. The van der Waals surface area contributed by atoms with Gasteiger partial charge in [0, 0.05) is 12.2 Å². The number of anilines is 1. The zero-order chi connectivity index (χ0) is 15.2. The third-order valence-corrected chi connectivity index (χ3v) is 2.92. The van der Waals surface area contributed by atoms with E-state index >= 15 is 0 Å². The van der Waals surface area contributed by atoms with Crippen LogP contribution in [0.1, 0.15) is 23.2 Å². The molecule has 2 amide bonds. The topological polar surface area (TPSA) is 82.8 Å². The molecule has 6 heteroatoms. The summed E-state index contributed by atoms with van der Waals surface area (Å²) in [6.45, 7) is 2.53. The molecule has 2 rings (SSSR count). The summed E-state index contributed by atoms with van der Waals surface area (Å²) < 4.78 is 5.08. The summed E-state index contributed by atoms with van der Waals surface area (Å²) in [5, 5.41) is 11.5. The Hall–Kier alpha value is -2.76. The maximum absolute atomic E-state index is 12.1. The molecular weight excluding hydrogens is 272 g/mol. The van der Waals surface area contributed by atoms with Gasteiger partial charge >= 0.3 is 12.0 Å². The Balaban J connectivity index is 1.98. The molecule has 0 radical (unpaired) electrons. The number of carbonyl (C=O) groups is 2. The van der Waals surface area contributed by atoms with Crippen molar-refractivity contribution in [2.75, 3.05) is 11.4 Å². The lowest BCUT2D eigenvalue weighted by Crippen LogP contribution is -2.39. The van der Waals surface area contributed by atoms with Crippen molar-refractivity contribution < 1.29 is 19.1 Å². The highest BCUT2D eigenvalue weighted by Gasteiger charge is 2.14. The Labute approximate surface area is 122 Å². The lowest BCUT2D eigenvalue weighted by Gasteiger charge is -2.21. The zero-order valence-electron chi connectivity index (χ0n) is 11.6. The number of carbonyl (C=O) groups excluding carboxylic acids is 1. The van der Waals surface area contributed by atoms with Gasteiger partial charge in [0.25, 0.3) is 0 Å². The number of aromatic carboxylic acids is 1. The van der Waals surface area contributed by atoms with Gasteiger partial charge < -0.3 is 14.8 Å². The van der Waals surface area contributed by atoms with Crippen molar-refractivity contribution in [3.05, 3.63) is 54.0 Å². The first-order valence-electron chi connectivity index (χ1n) is 6.54. The minimum atomic E-state index is -1.13. The van der Waals surface area contributed by atoms with Crippen molar-refractivity contribution in [2.45, 2.75) is 13.5 Å². The number of carboxylic acids is 1. The Morgan fingerprint density at radius 1 is 1.19 bits per heavy atom. The minimum absolute atomic E-state index is 0.134. The van der Waals surface area contributed by atoms with E-state index in [1.54, 1.807) is 4.90 Å². The molecule has 2 aromatic rings. The van der Waals surface area contributed by atoms with Gasteiger partial charge in [0.15, 0.2) is 0 Å². The van der Waals surface area contributed by atoms with Crippen molar-refractivity contribution in [2.24, 2.45) is 0 Å². The maximum atomic E-state index is 12.1. The number of hydrogen-bond donors (Lipinski definition) is 2. The van der Waals surface area contributed by atoms with E-state index in [0.717, 1.165) is 5.69 Å². The number of rotatable bonds is 5. The quantitative estimate of drug-likeness (QED) is 0.886. The standard InChI is InChI=1S/C15H16N2O4/c1-2-17(11-6-4-3-5-7-11)15(20)16-10-12-8-9-13(21-12)14(18)19/h3-9H,2,10H2,1H3,(H,16,20)(H,18,19). The summed E-state index contributed by atoms with van der Waals surface area (Å²) in [4.78, 5) is 24.4. The molecule has 0 aliphatic carbocycles. The number of amides is 2. The second kappa shape index (κ2) is 6.60. The van der Waals surface area contributed by atoms with Gasteiger partial charge in [0.05, 0.1) is 6.54 Å². The first kappa shape index (κ1) is 14.6. The molecule has 0 fully saturated rings. The summed E-state index contributed by atoms with van der Waals surface area (Å²) in [6.07, 6.45) is 0. The fourth-order valence-corrected chi connectivity index (χ4v) is 1.90. The summed E-state index contributed by atoms with van der Waals surface area (Å²) in [7, 11) is 0. The summed E-state index contributed by atoms with van der Waals surface area (Å²) in [6, 6.07) is 11.9. The SMILES string of the molecule is CCN(C(=O)NCc1ccc(C(=O)O)o1)c1ccccc1. The van der Waals surface area contributed by atoms with Crippen LogP contribution >= 0.6 is 0 Å². The molecular formula is C15H16N2O4. The van der Waals surface area contributed by atoms with Crippen LogP contribution in [0.2, 0.25) is 0 Å². The molecule has 0 atom stereocenters. The number of urea groups is 1. The number of furan rings is 1. The summed E-state index contributed by atoms with van der Waals surface area (Å²) in [5.74, 6) is -0.883. The van der Waals surface area contributed by atoms with Crippen LogP contribution in [0.3, 0.4) is 0 Å². The van der Waals surface area contributed by atoms with E-state index in [9.17, 15) is 9.59 Å². The molecule has 0 spiro atoms. The maximum Gasteiger partial charge on any atom is 0.371 e. The zero-order valence-corrected chi connectivity index (χ0v) is 11.6. The van der Waals surface area contributed by atoms with Gasteiger partial charge in [-0.15, -0.1) is 0 Å². The van der Waals surface area contributed by atoms with E-state index < -0.39 is 5.97 Å². The fraction of sp³-hybridized carbons (Fsp3) is 0.200. The average molecular weight is 288 g/mol. The molecule has 1 aromatic carbocycles. The number of benzene rings is 1. The number of nitrogens with zero attached hydrogens (tertiary/aromatic N) is 1. The molecule has 0 aliphatic heterocycles. The van der Waals surface area contributed by atoms with Crippen molar-refractivity contribution in [1.29, 1.82) is 0 Å². The van der Waals surface area contributed by atoms with E-state index in [1.807, 2.05) is 37.3 Å². The van der Waals surface area contributed by atoms with Crippen LogP contribution < -0.4 is 10.2 Å². The van der Waals surface area contributed by atoms with E-state index in [4.69, 9.17) is 9.52 Å². The van der Waals surface area contributed by atoms with E-state index in [0.29, 0.717) is 12.3 Å². The van der Waals surface area contributed by atoms with Crippen LogP contribution in [-0.2, 0) is 6.54 Å². The Kier molecular flexibility index (Phi) is 4.61. The number of carboxylic acid groups (broad SMARTS) is 1. The summed E-state index contributed by atoms with van der Waals surface area (Å²) >= 11 is 0. The molecule has 1 aromatic heterocycles. The molecule has 0 aliphatic rings. The van der Waals surface area contributed by atoms with E-state index in [1.165, 1.54) is 12.1 Å². The highest BCUT2D eigenvalue weighted by Crippen LogP contribution is 2.13. The van der Waals surface area contributed by atoms with Crippen molar-refractivity contribution in [3.63, 3.8) is 0 Å². The Morgan fingerprint density at radius 2 is 1.90 bits per heavy atom. The van der Waals surface area contributed by atoms with Gasteiger partial charge in [-0.05, 0) is 31.2 Å². The molecule has 6 nitrogen and oxygen atoms in total. The third kappa shape index (κ3) is 3.62. The molecule has 0 unspecified atom stereocenters. The van der Waals surface area contributed by atoms with Crippen LogP contribution in [0.25, 0.3) is 0 Å². The average Bonchev–Trinajstić information content (AvgIpc) is 2.96. The van der Waals surface area contributed by atoms with Gasteiger partial charge in [-0.25, -0.2) is 9.59 Å². The normalized spacial score (nSPS) is 10.1. The molecule has 21 heavy (non-hydrogen) atoms. The van der Waals surface area contributed by atoms with Crippen LogP contribution in [0.5, 0.6) is 0 Å². The van der Waals surface area contributed by atoms with Crippen molar-refractivity contribution in [3.8, 4) is 0 Å². The van der Waals surface area contributed by atoms with E-state index in [2.05, 4.69) is 5.32 Å². The van der Waals surface area contributed by atoms with Gasteiger partial charge in [-0.2, -0.15) is 0 Å². The lowest BCUT2D eigenvalue weighted by atomic mass is 10.3. The van der Waals surface area contributed by atoms with Crippen molar-refractivity contribution >= 4 is 17.7 Å². The van der Waals surface area contributed by atoms with Crippen LogP contribution in [0.15, 0.2) is 46.9 Å². The molecule has 0 saturated carbocycles. The van der Waals surface area contributed by atoms with Gasteiger partial charge in [-0.3, -0.25) is 4.90 Å². The largest absolute Gasteiger partial charge is 0.475 e. The monoisotopic (exact) mass is 288 g/mol. The number of hydrogen-bond acceptors (Lipinski definition) is 3. The Bertz CT molecular complexity index is 622. The van der Waals surface area contributed by atoms with Gasteiger partial charge in [-0.1, -0.05) is 18.2 Å². The molecule has 0 saturated heterocycles. The molecule has 0 bridgehead atoms. The first-order valence-corrected chi connectivity index (χ1v) is 6.54. The smallest absolute Gasteiger partial charge is 0.371 e. The second-order valence-electron chi connectivity index (χ2n) is 4.31. The molecule has 2 N–H and O–H groups in total. The van der Waals surface area contributed by atoms with Crippen LogP contribution in [-0.4, -0.2) is 23.7 Å². The summed E-state index contributed by atoms with van der Waals surface area (Å²) in [5.41, 5.74) is 0.795. The van der Waals surface area contributed by atoms with E-state index in [-0.39, 0.29) is 18.3 Å². The van der Waals surface area contributed by atoms with Gasteiger partial charge in [0.1, 0.15) is 5.76 Å². The third-order valence-electron chi connectivity index (χ3n) is 2.92. The Morgan fingerprint density at radius 3 is 2.48 bits per heavy atom. The predicted molar refractivity (Wildman–Crippen MR) is 77.4 cm³/mol. The van der Waals surface area contributed by atoms with Gasteiger partial charge in [0.2, 0.25) is 5.76 Å². The molecule has 1 heterocycles. The van der Waals surface area contributed by atoms with Crippen LogP contribution in [0.4, 0.5) is 10.5 Å². The minimum Gasteiger partial charge on any atom is -0.475 e. The molecule has 110 valence electrons. The highest BCUT2D eigenvalue weighted by molar-refractivity contribution is 5.91. The van der Waals surface area contributed by atoms with Crippen LogP contribution in [0, 0.1) is 0 Å². The number of para-hydroxylation sites is 1. The predicted octanol–water partition coefficient (Wildman–Crippen LogP) is 2.71. The first-order chi connectivity index (χ1) is 10.1. The number of nitrogens with one attached hydrogen (secondary N) is 1. The second-order valence-corrected chi connectivity index (χ2v) is 4.31. The highest BCUT2D eigenvalue weighted by atomic mass is 16.4.